The van der Waals surface area contributed by atoms with Crippen molar-refractivity contribution < 1.29 is 5.21 Å². The van der Waals surface area contributed by atoms with Gasteiger partial charge in [0.05, 0.1) is 13.1 Å². The zero-order valence-electron chi connectivity index (χ0n) is 8.97. The minimum atomic E-state index is 0.227. The lowest BCUT2D eigenvalue weighted by molar-refractivity contribution is 0.294. The highest BCUT2D eigenvalue weighted by atomic mass is 32.1. The van der Waals surface area contributed by atoms with E-state index in [9.17, 15) is 0 Å². The third-order valence-corrected chi connectivity index (χ3v) is 2.94. The van der Waals surface area contributed by atoms with Crippen molar-refractivity contribution in [2.75, 3.05) is 13.1 Å². The maximum atomic E-state index is 8.47. The third-order valence-electron chi connectivity index (χ3n) is 1.99. The second-order valence-electron chi connectivity index (χ2n) is 3.28. The highest BCUT2D eigenvalue weighted by molar-refractivity contribution is 7.09. The van der Waals surface area contributed by atoms with Crippen molar-refractivity contribution in [1.82, 2.24) is 9.88 Å². The van der Waals surface area contributed by atoms with Gasteiger partial charge in [-0.25, -0.2) is 4.98 Å². The minimum absolute atomic E-state index is 0.227. The fourth-order valence-corrected chi connectivity index (χ4v) is 2.02. The molecule has 6 heteroatoms. The van der Waals surface area contributed by atoms with E-state index in [1.165, 1.54) is 0 Å². The first kappa shape index (κ1) is 11.9. The van der Waals surface area contributed by atoms with E-state index in [1.54, 1.807) is 11.3 Å². The molecule has 0 fully saturated rings. The molecule has 15 heavy (non-hydrogen) atoms. The van der Waals surface area contributed by atoms with Crippen molar-refractivity contribution in [1.29, 1.82) is 0 Å². The van der Waals surface area contributed by atoms with Crippen molar-refractivity contribution in [2.24, 2.45) is 10.9 Å². The molecule has 0 aliphatic carbocycles. The number of nitrogens with zero attached hydrogens (tertiary/aromatic N) is 3. The van der Waals surface area contributed by atoms with Gasteiger partial charge in [-0.1, -0.05) is 12.1 Å². The van der Waals surface area contributed by atoms with E-state index in [4.69, 9.17) is 10.9 Å². The smallest absolute Gasteiger partial charge is 0.153 e. The van der Waals surface area contributed by atoms with Crippen LogP contribution in [-0.4, -0.2) is 34.0 Å². The van der Waals surface area contributed by atoms with Gasteiger partial charge in [0, 0.05) is 11.1 Å². The van der Waals surface area contributed by atoms with E-state index in [0.717, 1.165) is 23.8 Å². The number of oxime groups is 1. The molecule has 0 amide bonds. The van der Waals surface area contributed by atoms with Crippen molar-refractivity contribution in [3.8, 4) is 0 Å². The molecule has 0 bridgehead atoms. The van der Waals surface area contributed by atoms with E-state index < -0.39 is 0 Å². The minimum Gasteiger partial charge on any atom is -0.409 e. The fraction of sp³-hybridized carbons (Fsp3) is 0.556. The number of rotatable bonds is 5. The van der Waals surface area contributed by atoms with Crippen LogP contribution in [0.3, 0.4) is 0 Å². The molecule has 0 atom stereocenters. The molecule has 0 spiro atoms. The molecule has 0 aliphatic heterocycles. The van der Waals surface area contributed by atoms with Crippen LogP contribution in [0.15, 0.2) is 10.5 Å². The van der Waals surface area contributed by atoms with Gasteiger partial charge in [-0.3, -0.25) is 4.90 Å². The number of thiazole rings is 1. The summed E-state index contributed by atoms with van der Waals surface area (Å²) >= 11 is 1.63. The summed E-state index contributed by atoms with van der Waals surface area (Å²) in [5, 5.41) is 14.5. The number of hydrogen-bond donors (Lipinski definition) is 2. The summed E-state index contributed by atoms with van der Waals surface area (Å²) in [4.78, 5) is 6.43. The quantitative estimate of drug-likeness (QED) is 0.341. The Hall–Kier alpha value is -1.14. The Labute approximate surface area is 93.2 Å². The molecule has 1 aromatic rings. The van der Waals surface area contributed by atoms with E-state index >= 15 is 0 Å². The van der Waals surface area contributed by atoms with Crippen molar-refractivity contribution in [3.63, 3.8) is 0 Å². The zero-order valence-corrected chi connectivity index (χ0v) is 9.79. The number of nitrogens with two attached hydrogens (primary N) is 1. The van der Waals surface area contributed by atoms with Gasteiger partial charge < -0.3 is 10.9 Å². The zero-order chi connectivity index (χ0) is 11.3. The Morgan fingerprint density at radius 1 is 1.73 bits per heavy atom. The molecule has 1 heterocycles. The Bertz CT molecular complexity index is 337. The lowest BCUT2D eigenvalue weighted by Crippen LogP contribution is -2.33. The van der Waals surface area contributed by atoms with Crippen LogP contribution >= 0.6 is 11.3 Å². The average molecular weight is 228 g/mol. The second kappa shape index (κ2) is 5.67. The number of hydrogen-bond acceptors (Lipinski definition) is 5. The lowest BCUT2D eigenvalue weighted by atomic mass is 10.4. The first-order valence-corrected chi connectivity index (χ1v) is 5.63. The van der Waals surface area contributed by atoms with Gasteiger partial charge in [-0.05, 0) is 13.5 Å². The summed E-state index contributed by atoms with van der Waals surface area (Å²) < 4.78 is 0. The van der Waals surface area contributed by atoms with Gasteiger partial charge in [-0.15, -0.1) is 11.3 Å². The van der Waals surface area contributed by atoms with Crippen LogP contribution in [0.1, 0.15) is 17.6 Å². The molecule has 0 aromatic carbocycles. The van der Waals surface area contributed by atoms with E-state index in [0.29, 0.717) is 6.54 Å². The summed E-state index contributed by atoms with van der Waals surface area (Å²) in [5.41, 5.74) is 6.49. The van der Waals surface area contributed by atoms with Gasteiger partial charge >= 0.3 is 0 Å². The summed E-state index contributed by atoms with van der Waals surface area (Å²) in [6, 6.07) is 0. The molecule has 0 unspecified atom stereocenters. The SMILES string of the molecule is CCN(CC(N)=NO)Cc1nc(C)cs1. The molecule has 1 rings (SSSR count). The third kappa shape index (κ3) is 3.85. The summed E-state index contributed by atoms with van der Waals surface area (Å²) in [7, 11) is 0. The summed E-state index contributed by atoms with van der Waals surface area (Å²) in [5.74, 6) is 0.227. The van der Waals surface area contributed by atoms with Gasteiger partial charge in [0.1, 0.15) is 5.01 Å². The van der Waals surface area contributed by atoms with E-state index in [2.05, 4.69) is 15.0 Å². The maximum absolute atomic E-state index is 8.47. The molecule has 5 nitrogen and oxygen atoms in total. The highest BCUT2D eigenvalue weighted by Gasteiger charge is 2.08. The average Bonchev–Trinajstić information content (AvgIpc) is 2.62. The van der Waals surface area contributed by atoms with Crippen molar-refractivity contribution in [3.05, 3.63) is 16.1 Å². The molecular formula is C9H16N4OS. The van der Waals surface area contributed by atoms with Gasteiger partial charge in [0.25, 0.3) is 0 Å². The number of aromatic nitrogens is 1. The van der Waals surface area contributed by atoms with Crippen molar-refractivity contribution >= 4 is 17.2 Å². The number of likely N-dealkylation sites (N-methyl/N-ethyl adjacent to an activating group) is 1. The molecule has 0 saturated carbocycles. The predicted octanol–water partition coefficient (Wildman–Crippen LogP) is 1.02. The predicted molar refractivity (Wildman–Crippen MR) is 61.2 cm³/mol. The normalized spacial score (nSPS) is 12.3. The van der Waals surface area contributed by atoms with Crippen LogP contribution in [0.4, 0.5) is 0 Å². The van der Waals surface area contributed by atoms with Crippen LogP contribution in [0.25, 0.3) is 0 Å². The molecule has 0 radical (unpaired) electrons. The topological polar surface area (TPSA) is 74.7 Å². The van der Waals surface area contributed by atoms with Gasteiger partial charge in [0.2, 0.25) is 0 Å². The first-order chi connectivity index (χ1) is 7.15. The molecule has 0 saturated heterocycles. The van der Waals surface area contributed by atoms with Gasteiger partial charge in [-0.2, -0.15) is 0 Å². The summed E-state index contributed by atoms with van der Waals surface area (Å²) in [6.45, 7) is 6.05. The van der Waals surface area contributed by atoms with Crippen LogP contribution in [0, 0.1) is 6.92 Å². The Morgan fingerprint density at radius 3 is 2.93 bits per heavy atom. The Kier molecular flexibility index (Phi) is 4.51. The lowest BCUT2D eigenvalue weighted by Gasteiger charge is -2.17. The van der Waals surface area contributed by atoms with E-state index in [-0.39, 0.29) is 5.84 Å². The maximum Gasteiger partial charge on any atom is 0.153 e. The molecule has 1 aromatic heterocycles. The second-order valence-corrected chi connectivity index (χ2v) is 4.22. The fourth-order valence-electron chi connectivity index (χ4n) is 1.21. The monoisotopic (exact) mass is 228 g/mol. The van der Waals surface area contributed by atoms with Crippen LogP contribution in [0.2, 0.25) is 0 Å². The van der Waals surface area contributed by atoms with Crippen LogP contribution in [-0.2, 0) is 6.54 Å². The molecule has 0 aliphatic rings. The van der Waals surface area contributed by atoms with Gasteiger partial charge in [0.15, 0.2) is 5.84 Å². The Morgan fingerprint density at radius 2 is 2.47 bits per heavy atom. The largest absolute Gasteiger partial charge is 0.409 e. The molecule has 84 valence electrons. The van der Waals surface area contributed by atoms with E-state index in [1.807, 2.05) is 19.2 Å². The first-order valence-electron chi connectivity index (χ1n) is 4.75. The Balaban J connectivity index is 2.54. The molecule has 3 N–H and O–H groups in total. The van der Waals surface area contributed by atoms with Crippen LogP contribution < -0.4 is 5.73 Å². The van der Waals surface area contributed by atoms with Crippen LogP contribution in [0.5, 0.6) is 0 Å². The van der Waals surface area contributed by atoms with Crippen molar-refractivity contribution in [2.45, 2.75) is 20.4 Å². The standard InChI is InChI=1S/C9H16N4OS/c1-3-13(4-8(10)12-14)5-9-11-7(2)6-15-9/h6,14H,3-5H2,1-2H3,(H2,10,12). The highest BCUT2D eigenvalue weighted by Crippen LogP contribution is 2.11. The molecular weight excluding hydrogens is 212 g/mol. The number of amidine groups is 1. The number of aryl methyl sites for hydroxylation is 1. The summed E-state index contributed by atoms with van der Waals surface area (Å²) in [6.07, 6.45) is 0.